The number of aromatic amines is 1. The molecular formula is C16H19N3O6. The zero-order valence-corrected chi connectivity index (χ0v) is 14.5. The molecule has 0 aromatic carbocycles. The van der Waals surface area contributed by atoms with Crippen LogP contribution in [0.5, 0.6) is 0 Å². The average molecular weight is 349 g/mol. The summed E-state index contributed by atoms with van der Waals surface area (Å²) in [7, 11) is 0. The molecule has 4 amide bonds. The molecule has 25 heavy (non-hydrogen) atoms. The van der Waals surface area contributed by atoms with Crippen molar-refractivity contribution in [3.63, 3.8) is 0 Å². The SMILES string of the molecule is CCOC(=O)c1c(C)[nH]c(C)c1C(=O)CN1C(=O)C(=O)N(CC)C1=O. The maximum absolute atomic E-state index is 12.7. The summed E-state index contributed by atoms with van der Waals surface area (Å²) in [6.07, 6.45) is 0. The first kappa shape index (κ1) is 18.4. The second-order valence-corrected chi connectivity index (χ2v) is 5.49. The van der Waals surface area contributed by atoms with Crippen LogP contribution in [0.4, 0.5) is 4.79 Å². The zero-order valence-electron chi connectivity index (χ0n) is 14.5. The first-order chi connectivity index (χ1) is 11.7. The van der Waals surface area contributed by atoms with Crippen molar-refractivity contribution in [2.24, 2.45) is 0 Å². The summed E-state index contributed by atoms with van der Waals surface area (Å²) in [5.41, 5.74) is 0.994. The molecule has 9 nitrogen and oxygen atoms in total. The Bertz CT molecular complexity index is 779. The number of ketones is 1. The predicted octanol–water partition coefficient (Wildman–Crippen LogP) is 0.802. The molecule has 9 heteroatoms. The maximum Gasteiger partial charge on any atom is 0.340 e. The number of hydrogen-bond donors (Lipinski definition) is 1. The smallest absolute Gasteiger partial charge is 0.340 e. The number of rotatable bonds is 6. The van der Waals surface area contributed by atoms with Gasteiger partial charge in [-0.2, -0.15) is 0 Å². The Balaban J connectivity index is 2.34. The third-order valence-corrected chi connectivity index (χ3v) is 3.89. The van der Waals surface area contributed by atoms with Gasteiger partial charge < -0.3 is 9.72 Å². The molecular weight excluding hydrogens is 330 g/mol. The van der Waals surface area contributed by atoms with Crippen molar-refractivity contribution in [2.75, 3.05) is 19.7 Å². The van der Waals surface area contributed by atoms with Gasteiger partial charge in [-0.3, -0.25) is 19.3 Å². The van der Waals surface area contributed by atoms with E-state index >= 15 is 0 Å². The Hall–Kier alpha value is -2.97. The van der Waals surface area contributed by atoms with E-state index in [0.717, 1.165) is 4.90 Å². The fourth-order valence-electron chi connectivity index (χ4n) is 2.78. The molecule has 0 saturated carbocycles. The summed E-state index contributed by atoms with van der Waals surface area (Å²) < 4.78 is 4.96. The second-order valence-electron chi connectivity index (χ2n) is 5.49. The number of nitrogens with zero attached hydrogens (tertiary/aromatic N) is 2. The highest BCUT2D eigenvalue weighted by molar-refractivity contribution is 6.45. The highest BCUT2D eigenvalue weighted by Crippen LogP contribution is 2.22. The van der Waals surface area contributed by atoms with Gasteiger partial charge in [-0.1, -0.05) is 0 Å². The van der Waals surface area contributed by atoms with Gasteiger partial charge in [-0.25, -0.2) is 14.5 Å². The second kappa shape index (κ2) is 6.88. The van der Waals surface area contributed by atoms with E-state index in [1.807, 2.05) is 0 Å². The maximum atomic E-state index is 12.7. The lowest BCUT2D eigenvalue weighted by molar-refractivity contribution is -0.143. The number of H-pyrrole nitrogens is 1. The molecule has 0 unspecified atom stereocenters. The number of nitrogens with one attached hydrogen (secondary N) is 1. The van der Waals surface area contributed by atoms with Crippen LogP contribution >= 0.6 is 0 Å². The van der Waals surface area contributed by atoms with Gasteiger partial charge in [0.25, 0.3) is 0 Å². The summed E-state index contributed by atoms with van der Waals surface area (Å²) in [5, 5.41) is 0. The number of aryl methyl sites for hydroxylation is 2. The fraction of sp³-hybridized carbons (Fsp3) is 0.438. The molecule has 2 heterocycles. The first-order valence-electron chi connectivity index (χ1n) is 7.81. The van der Waals surface area contributed by atoms with Crippen molar-refractivity contribution in [1.29, 1.82) is 0 Å². The number of urea groups is 1. The molecule has 1 aliphatic heterocycles. The Morgan fingerprint density at radius 1 is 0.960 bits per heavy atom. The Kier molecular flexibility index (Phi) is 5.05. The van der Waals surface area contributed by atoms with Gasteiger partial charge in [0.05, 0.1) is 24.3 Å². The van der Waals surface area contributed by atoms with Crippen LogP contribution in [0.1, 0.15) is 46.0 Å². The number of esters is 1. The number of aromatic nitrogens is 1. The topological polar surface area (TPSA) is 117 Å². The van der Waals surface area contributed by atoms with Crippen molar-refractivity contribution in [1.82, 2.24) is 14.8 Å². The lowest BCUT2D eigenvalue weighted by atomic mass is 10.0. The number of hydrogen-bond acceptors (Lipinski definition) is 6. The van der Waals surface area contributed by atoms with Crippen molar-refractivity contribution >= 4 is 29.6 Å². The Morgan fingerprint density at radius 3 is 2.04 bits per heavy atom. The molecule has 1 saturated heterocycles. The normalized spacial score (nSPS) is 14.5. The molecule has 0 radical (unpaired) electrons. The summed E-state index contributed by atoms with van der Waals surface area (Å²) in [5.74, 6) is -3.31. The van der Waals surface area contributed by atoms with Crippen LogP contribution in [0.2, 0.25) is 0 Å². The number of Topliss-reactive ketones (excluding diaryl/α,β-unsaturated/α-hetero) is 1. The number of carbonyl (C=O) groups is 5. The van der Waals surface area contributed by atoms with Gasteiger partial charge >= 0.3 is 23.8 Å². The van der Waals surface area contributed by atoms with Crippen LogP contribution in [0, 0.1) is 13.8 Å². The fourth-order valence-corrected chi connectivity index (χ4v) is 2.78. The minimum absolute atomic E-state index is 0.0322. The number of likely N-dealkylation sites (N-methyl/N-ethyl adjacent to an activating group) is 1. The van der Waals surface area contributed by atoms with E-state index in [4.69, 9.17) is 4.74 Å². The number of carbonyl (C=O) groups excluding carboxylic acids is 5. The number of ether oxygens (including phenoxy) is 1. The van der Waals surface area contributed by atoms with Gasteiger partial charge in [0.15, 0.2) is 5.78 Å². The van der Waals surface area contributed by atoms with E-state index in [0.29, 0.717) is 16.3 Å². The number of imide groups is 2. The van der Waals surface area contributed by atoms with Gasteiger partial charge in [0.1, 0.15) is 0 Å². The lowest BCUT2D eigenvalue weighted by Crippen LogP contribution is -2.37. The molecule has 2 rings (SSSR count). The van der Waals surface area contributed by atoms with E-state index in [-0.39, 0.29) is 24.3 Å². The van der Waals surface area contributed by atoms with Crippen molar-refractivity contribution < 1.29 is 28.7 Å². The molecule has 1 aromatic rings. The molecule has 1 N–H and O–H groups in total. The van der Waals surface area contributed by atoms with Gasteiger partial charge in [0, 0.05) is 17.9 Å². The Labute approximate surface area is 143 Å². The van der Waals surface area contributed by atoms with Gasteiger partial charge in [-0.15, -0.1) is 0 Å². The highest BCUT2D eigenvalue weighted by atomic mass is 16.5. The molecule has 0 atom stereocenters. The molecule has 1 aliphatic rings. The minimum atomic E-state index is -1.05. The molecule has 0 bridgehead atoms. The van der Waals surface area contributed by atoms with E-state index in [2.05, 4.69) is 4.98 Å². The highest BCUT2D eigenvalue weighted by Gasteiger charge is 2.44. The third-order valence-electron chi connectivity index (χ3n) is 3.89. The summed E-state index contributed by atoms with van der Waals surface area (Å²) in [4.78, 5) is 64.8. The minimum Gasteiger partial charge on any atom is -0.462 e. The molecule has 0 aliphatic carbocycles. The van der Waals surface area contributed by atoms with Crippen LogP contribution < -0.4 is 0 Å². The summed E-state index contributed by atoms with van der Waals surface area (Å²) in [6.45, 7) is 5.95. The van der Waals surface area contributed by atoms with E-state index in [9.17, 15) is 24.0 Å². The van der Waals surface area contributed by atoms with E-state index in [1.165, 1.54) is 0 Å². The average Bonchev–Trinajstić information content (AvgIpc) is 2.95. The molecule has 0 spiro atoms. The monoisotopic (exact) mass is 349 g/mol. The van der Waals surface area contributed by atoms with Crippen molar-refractivity contribution in [3.8, 4) is 0 Å². The van der Waals surface area contributed by atoms with E-state index in [1.54, 1.807) is 27.7 Å². The molecule has 1 aromatic heterocycles. The van der Waals surface area contributed by atoms with Crippen molar-refractivity contribution in [3.05, 3.63) is 22.5 Å². The standard InChI is InChI=1S/C16H19N3O6/c1-5-18-13(21)14(22)19(16(18)24)7-10(20)11-8(3)17-9(4)12(11)15(23)25-6-2/h17H,5-7H2,1-4H3. The van der Waals surface area contributed by atoms with Crippen LogP contribution in [-0.4, -0.2) is 64.1 Å². The summed E-state index contributed by atoms with van der Waals surface area (Å²) in [6, 6.07) is -0.839. The van der Waals surface area contributed by atoms with Crippen LogP contribution in [0.25, 0.3) is 0 Å². The molecule has 134 valence electrons. The van der Waals surface area contributed by atoms with Crippen molar-refractivity contribution in [2.45, 2.75) is 27.7 Å². The third kappa shape index (κ3) is 3.04. The number of amides is 4. The van der Waals surface area contributed by atoms with Gasteiger partial charge in [0.2, 0.25) is 0 Å². The van der Waals surface area contributed by atoms with Crippen LogP contribution in [0.3, 0.4) is 0 Å². The largest absolute Gasteiger partial charge is 0.462 e. The zero-order chi connectivity index (χ0) is 18.9. The quantitative estimate of drug-likeness (QED) is 0.351. The predicted molar refractivity (Wildman–Crippen MR) is 85.0 cm³/mol. The van der Waals surface area contributed by atoms with Crippen LogP contribution in [0.15, 0.2) is 0 Å². The van der Waals surface area contributed by atoms with E-state index < -0.39 is 36.1 Å². The van der Waals surface area contributed by atoms with Crippen LogP contribution in [-0.2, 0) is 14.3 Å². The first-order valence-corrected chi connectivity index (χ1v) is 7.81. The van der Waals surface area contributed by atoms with Gasteiger partial charge in [-0.05, 0) is 27.7 Å². The Morgan fingerprint density at radius 2 is 1.52 bits per heavy atom. The molecule has 1 fully saturated rings. The lowest BCUT2D eigenvalue weighted by Gasteiger charge is -2.14. The summed E-state index contributed by atoms with van der Waals surface area (Å²) >= 11 is 0.